The molecule has 0 unspecified atom stereocenters. The van der Waals surface area contributed by atoms with Gasteiger partial charge in [-0.15, -0.1) is 0 Å². The van der Waals surface area contributed by atoms with E-state index in [-0.39, 0.29) is 12.0 Å². The van der Waals surface area contributed by atoms with Gasteiger partial charge < -0.3 is 9.73 Å². The van der Waals surface area contributed by atoms with Crippen molar-refractivity contribution < 1.29 is 22.4 Å². The van der Waals surface area contributed by atoms with Crippen LogP contribution in [0.1, 0.15) is 27.4 Å². The van der Waals surface area contributed by atoms with Crippen molar-refractivity contribution in [2.24, 2.45) is 0 Å². The number of carbonyl (C=O) groups is 1. The quantitative estimate of drug-likeness (QED) is 0.342. The Morgan fingerprint density at radius 3 is 2.39 bits per heavy atom. The first-order valence-electron chi connectivity index (χ1n) is 9.84. The predicted octanol–water partition coefficient (Wildman–Crippen LogP) is 6.81. The first kappa shape index (κ1) is 21.6. The molecule has 2 heterocycles. The van der Waals surface area contributed by atoms with E-state index in [1.165, 1.54) is 23.1 Å². The van der Waals surface area contributed by atoms with Crippen LogP contribution >= 0.6 is 23.2 Å². The van der Waals surface area contributed by atoms with Crippen LogP contribution < -0.4 is 5.32 Å². The Hall–Kier alpha value is -3.23. The van der Waals surface area contributed by atoms with E-state index in [1.54, 1.807) is 36.4 Å². The second kappa shape index (κ2) is 7.97. The highest BCUT2D eigenvalue weighted by Gasteiger charge is 2.41. The third kappa shape index (κ3) is 4.00. The second-order valence-electron chi connectivity index (χ2n) is 7.50. The first-order valence-corrected chi connectivity index (χ1v) is 10.6. The van der Waals surface area contributed by atoms with Crippen molar-refractivity contribution in [3.8, 4) is 16.9 Å². The molecule has 0 atom stereocenters. The Bertz CT molecular complexity index is 1350. The summed E-state index contributed by atoms with van der Waals surface area (Å²) in [6.45, 7) is 0. The van der Waals surface area contributed by atoms with Gasteiger partial charge in [0.05, 0.1) is 17.6 Å². The highest BCUT2D eigenvalue weighted by molar-refractivity contribution is 6.35. The SMILES string of the molecule is O=C(Nc1cc(Cl)cc(Cl)c1)c1ccc(-n2nc(C(F)(F)F)c3c2-c2ccoc2CC3)cc1. The van der Waals surface area contributed by atoms with Gasteiger partial charge in [-0.1, -0.05) is 23.2 Å². The van der Waals surface area contributed by atoms with Crippen LogP contribution in [-0.2, 0) is 19.0 Å². The minimum atomic E-state index is -4.59. The molecule has 1 aliphatic rings. The van der Waals surface area contributed by atoms with Crippen LogP contribution in [-0.4, -0.2) is 15.7 Å². The average molecular weight is 492 g/mol. The fourth-order valence-corrected chi connectivity index (χ4v) is 4.47. The van der Waals surface area contributed by atoms with E-state index < -0.39 is 17.8 Å². The molecule has 1 amide bonds. The summed E-state index contributed by atoms with van der Waals surface area (Å²) >= 11 is 11.9. The van der Waals surface area contributed by atoms with Crippen molar-refractivity contribution in [2.45, 2.75) is 19.0 Å². The maximum Gasteiger partial charge on any atom is 0.435 e. The lowest BCUT2D eigenvalue weighted by Gasteiger charge is -2.15. The summed E-state index contributed by atoms with van der Waals surface area (Å²) in [5.41, 5.74) is 1.26. The smallest absolute Gasteiger partial charge is 0.435 e. The molecule has 168 valence electrons. The fourth-order valence-electron chi connectivity index (χ4n) is 3.95. The van der Waals surface area contributed by atoms with E-state index >= 15 is 0 Å². The lowest BCUT2D eigenvalue weighted by atomic mass is 9.94. The van der Waals surface area contributed by atoms with E-state index in [4.69, 9.17) is 27.6 Å². The third-order valence-electron chi connectivity index (χ3n) is 5.35. The van der Waals surface area contributed by atoms with Crippen LogP contribution in [0.3, 0.4) is 0 Å². The van der Waals surface area contributed by atoms with Gasteiger partial charge in [-0.05, 0) is 55.0 Å². The summed E-state index contributed by atoms with van der Waals surface area (Å²) in [6.07, 6.45) is -2.58. The number of aryl methyl sites for hydroxylation is 1. The predicted molar refractivity (Wildman–Crippen MR) is 118 cm³/mol. The molecule has 1 aliphatic carbocycles. The van der Waals surface area contributed by atoms with Crippen LogP contribution in [0.25, 0.3) is 16.9 Å². The maximum absolute atomic E-state index is 13.7. The summed E-state index contributed by atoms with van der Waals surface area (Å²) in [5, 5.41) is 7.33. The number of benzene rings is 2. The molecule has 0 fully saturated rings. The highest BCUT2D eigenvalue weighted by atomic mass is 35.5. The van der Waals surface area contributed by atoms with E-state index in [0.717, 1.165) is 0 Å². The lowest BCUT2D eigenvalue weighted by Crippen LogP contribution is -2.12. The van der Waals surface area contributed by atoms with E-state index in [2.05, 4.69) is 10.4 Å². The topological polar surface area (TPSA) is 60.1 Å². The molecule has 2 aromatic carbocycles. The standard InChI is InChI=1S/C23H14Cl2F3N3O2/c24-13-9-14(25)11-15(10-13)29-22(32)12-1-3-16(4-2-12)31-20-17-7-8-33-19(17)6-5-18(20)21(30-31)23(26,27)28/h1-4,7-11H,5-6H2,(H,29,32). The molecule has 0 bridgehead atoms. The minimum Gasteiger partial charge on any atom is -0.469 e. The van der Waals surface area contributed by atoms with Crippen molar-refractivity contribution >= 4 is 34.8 Å². The van der Waals surface area contributed by atoms with Crippen LogP contribution in [0.2, 0.25) is 10.0 Å². The van der Waals surface area contributed by atoms with Gasteiger partial charge in [-0.2, -0.15) is 18.3 Å². The van der Waals surface area contributed by atoms with Crippen molar-refractivity contribution in [3.05, 3.63) is 87.4 Å². The number of nitrogens with zero attached hydrogens (tertiary/aromatic N) is 2. The lowest BCUT2D eigenvalue weighted by molar-refractivity contribution is -0.142. The fraction of sp³-hybridized carbons (Fsp3) is 0.130. The van der Waals surface area contributed by atoms with Crippen LogP contribution in [0.15, 0.2) is 59.2 Å². The second-order valence-corrected chi connectivity index (χ2v) is 8.37. The number of nitrogens with one attached hydrogen (secondary N) is 1. The summed E-state index contributed by atoms with van der Waals surface area (Å²) in [5.74, 6) is 0.198. The number of halogens is 5. The molecule has 0 aliphatic heterocycles. The number of alkyl halides is 3. The molecule has 0 spiro atoms. The molecule has 4 aromatic rings. The number of amides is 1. The average Bonchev–Trinajstić information content (AvgIpc) is 3.37. The van der Waals surface area contributed by atoms with Crippen LogP contribution in [0, 0.1) is 0 Å². The van der Waals surface area contributed by atoms with E-state index in [1.807, 2.05) is 0 Å². The normalized spacial score (nSPS) is 12.9. The van der Waals surface area contributed by atoms with Crippen molar-refractivity contribution in [1.82, 2.24) is 9.78 Å². The van der Waals surface area contributed by atoms with Crippen molar-refractivity contribution in [2.75, 3.05) is 5.32 Å². The van der Waals surface area contributed by atoms with Crippen molar-refractivity contribution in [1.29, 1.82) is 0 Å². The number of rotatable bonds is 3. The maximum atomic E-state index is 13.7. The molecule has 0 saturated carbocycles. The zero-order chi connectivity index (χ0) is 23.3. The zero-order valence-corrected chi connectivity index (χ0v) is 18.2. The van der Waals surface area contributed by atoms with Gasteiger partial charge in [0.15, 0.2) is 5.69 Å². The number of anilines is 1. The van der Waals surface area contributed by atoms with Gasteiger partial charge >= 0.3 is 6.18 Å². The van der Waals surface area contributed by atoms with Crippen LogP contribution in [0.4, 0.5) is 18.9 Å². The van der Waals surface area contributed by atoms with Crippen LogP contribution in [0.5, 0.6) is 0 Å². The number of aromatic nitrogens is 2. The Morgan fingerprint density at radius 2 is 1.73 bits per heavy atom. The first-order chi connectivity index (χ1) is 15.7. The molecule has 1 N–H and O–H groups in total. The zero-order valence-electron chi connectivity index (χ0n) is 16.7. The Morgan fingerprint density at radius 1 is 1.03 bits per heavy atom. The summed E-state index contributed by atoms with van der Waals surface area (Å²) < 4.78 is 47.7. The van der Waals surface area contributed by atoms with Gasteiger partial charge in [0.2, 0.25) is 0 Å². The summed E-state index contributed by atoms with van der Waals surface area (Å²) in [7, 11) is 0. The number of furan rings is 1. The van der Waals surface area contributed by atoms with Gasteiger partial charge in [0.1, 0.15) is 5.76 Å². The largest absolute Gasteiger partial charge is 0.469 e. The summed E-state index contributed by atoms with van der Waals surface area (Å²) in [4.78, 5) is 12.6. The molecule has 2 aromatic heterocycles. The number of carbonyl (C=O) groups excluding carboxylic acids is 1. The molecule has 5 rings (SSSR count). The molecule has 0 saturated heterocycles. The minimum absolute atomic E-state index is 0.135. The molecule has 33 heavy (non-hydrogen) atoms. The van der Waals surface area contributed by atoms with Gasteiger partial charge in [-0.3, -0.25) is 4.79 Å². The Kier molecular flexibility index (Phi) is 5.22. The molecule has 0 radical (unpaired) electrons. The molecular formula is C23H14Cl2F3N3O2. The number of hydrogen-bond acceptors (Lipinski definition) is 3. The Labute approximate surface area is 195 Å². The summed E-state index contributed by atoms with van der Waals surface area (Å²) in [6, 6.07) is 12.4. The monoisotopic (exact) mass is 491 g/mol. The highest BCUT2D eigenvalue weighted by Crippen LogP contribution is 2.42. The molecule has 5 nitrogen and oxygen atoms in total. The van der Waals surface area contributed by atoms with Gasteiger partial charge in [0.25, 0.3) is 5.91 Å². The molecule has 10 heteroatoms. The van der Waals surface area contributed by atoms with E-state index in [0.29, 0.717) is 50.4 Å². The van der Waals surface area contributed by atoms with Gasteiger partial charge in [0, 0.05) is 38.8 Å². The third-order valence-corrected chi connectivity index (χ3v) is 5.79. The van der Waals surface area contributed by atoms with Crippen molar-refractivity contribution in [3.63, 3.8) is 0 Å². The molecular weight excluding hydrogens is 478 g/mol. The number of fused-ring (bicyclic) bond motifs is 3. The Balaban J connectivity index is 1.50. The number of hydrogen-bond donors (Lipinski definition) is 1. The van der Waals surface area contributed by atoms with Gasteiger partial charge in [-0.25, -0.2) is 4.68 Å². The van der Waals surface area contributed by atoms with E-state index in [9.17, 15) is 18.0 Å².